The third-order valence-electron chi connectivity index (χ3n) is 3.17. The summed E-state index contributed by atoms with van der Waals surface area (Å²) in [7, 11) is 0. The van der Waals surface area contributed by atoms with Crippen LogP contribution in [0.2, 0.25) is 0 Å². The van der Waals surface area contributed by atoms with Crippen LogP contribution in [0.5, 0.6) is 0 Å². The van der Waals surface area contributed by atoms with E-state index in [4.69, 9.17) is 15.0 Å². The van der Waals surface area contributed by atoms with E-state index in [-0.39, 0.29) is 18.3 Å². The highest BCUT2D eigenvalue weighted by Gasteiger charge is 2.23. The smallest absolute Gasteiger partial charge is 0.257 e. The average Bonchev–Trinajstić information content (AvgIpc) is 3.09. The molecule has 6 heteroatoms. The SMILES string of the molecule is Cl.NCc1ccc(-c2nc(C3CCOC3)no2)cc1. The lowest BCUT2D eigenvalue weighted by atomic mass is 10.1. The van der Waals surface area contributed by atoms with Crippen LogP contribution in [0.25, 0.3) is 11.5 Å². The molecule has 5 nitrogen and oxygen atoms in total. The number of benzene rings is 1. The van der Waals surface area contributed by atoms with Crippen molar-refractivity contribution in [2.75, 3.05) is 13.2 Å². The summed E-state index contributed by atoms with van der Waals surface area (Å²) >= 11 is 0. The quantitative estimate of drug-likeness (QED) is 0.933. The van der Waals surface area contributed by atoms with Crippen LogP contribution in [0.3, 0.4) is 0 Å². The first-order chi connectivity index (χ1) is 8.86. The highest BCUT2D eigenvalue weighted by molar-refractivity contribution is 5.85. The fourth-order valence-electron chi connectivity index (χ4n) is 2.04. The second-order valence-corrected chi connectivity index (χ2v) is 4.42. The third-order valence-corrected chi connectivity index (χ3v) is 3.17. The molecule has 0 aliphatic carbocycles. The Kier molecular flexibility index (Phi) is 4.52. The number of aromatic nitrogens is 2. The predicted molar refractivity (Wildman–Crippen MR) is 73.1 cm³/mol. The molecule has 1 aromatic heterocycles. The zero-order chi connectivity index (χ0) is 12.4. The normalized spacial score (nSPS) is 18.3. The fraction of sp³-hybridized carbons (Fsp3) is 0.385. The van der Waals surface area contributed by atoms with E-state index < -0.39 is 0 Å². The number of ether oxygens (including phenoxy) is 1. The molecule has 19 heavy (non-hydrogen) atoms. The second kappa shape index (κ2) is 6.14. The predicted octanol–water partition coefficient (Wildman–Crippen LogP) is 2.12. The molecule has 2 heterocycles. The van der Waals surface area contributed by atoms with Crippen molar-refractivity contribution < 1.29 is 9.26 Å². The summed E-state index contributed by atoms with van der Waals surface area (Å²) in [5.41, 5.74) is 7.57. The van der Waals surface area contributed by atoms with Gasteiger partial charge in [0.2, 0.25) is 0 Å². The van der Waals surface area contributed by atoms with E-state index in [1.165, 1.54) is 0 Å². The van der Waals surface area contributed by atoms with Crippen molar-refractivity contribution in [2.45, 2.75) is 18.9 Å². The number of hydrogen-bond donors (Lipinski definition) is 1. The van der Waals surface area contributed by atoms with Gasteiger partial charge in [-0.25, -0.2) is 0 Å². The van der Waals surface area contributed by atoms with Crippen LogP contribution in [0.1, 0.15) is 23.7 Å². The van der Waals surface area contributed by atoms with Crippen LogP contribution in [-0.2, 0) is 11.3 Å². The molecule has 102 valence electrons. The standard InChI is InChI=1S/C13H15N3O2.ClH/c14-7-9-1-3-10(4-2-9)13-15-12(16-18-13)11-5-6-17-8-11;/h1-4,11H,5-8,14H2;1H. The lowest BCUT2D eigenvalue weighted by Gasteiger charge is -1.98. The summed E-state index contributed by atoms with van der Waals surface area (Å²) in [4.78, 5) is 4.43. The van der Waals surface area contributed by atoms with Gasteiger partial charge in [0.25, 0.3) is 5.89 Å². The molecule has 2 aromatic rings. The minimum atomic E-state index is 0. The number of rotatable bonds is 3. The topological polar surface area (TPSA) is 74.2 Å². The minimum absolute atomic E-state index is 0. The van der Waals surface area contributed by atoms with E-state index in [1.54, 1.807) is 0 Å². The van der Waals surface area contributed by atoms with Crippen LogP contribution >= 0.6 is 12.4 Å². The molecule has 0 radical (unpaired) electrons. The average molecular weight is 282 g/mol. The van der Waals surface area contributed by atoms with Gasteiger partial charge in [-0.1, -0.05) is 17.3 Å². The Morgan fingerprint density at radius 1 is 1.26 bits per heavy atom. The molecule has 2 N–H and O–H groups in total. The van der Waals surface area contributed by atoms with Crippen molar-refractivity contribution in [2.24, 2.45) is 5.73 Å². The molecular formula is C13H16ClN3O2. The lowest BCUT2D eigenvalue weighted by molar-refractivity contribution is 0.192. The molecule has 1 aromatic carbocycles. The van der Waals surface area contributed by atoms with E-state index in [0.29, 0.717) is 19.0 Å². The van der Waals surface area contributed by atoms with Crippen LogP contribution in [0, 0.1) is 0 Å². The van der Waals surface area contributed by atoms with Crippen molar-refractivity contribution in [3.63, 3.8) is 0 Å². The maximum absolute atomic E-state index is 5.56. The summed E-state index contributed by atoms with van der Waals surface area (Å²) in [6.07, 6.45) is 0.963. The summed E-state index contributed by atoms with van der Waals surface area (Å²) in [6.45, 7) is 2.00. The maximum Gasteiger partial charge on any atom is 0.257 e. The van der Waals surface area contributed by atoms with Gasteiger partial charge in [-0.2, -0.15) is 4.98 Å². The molecule has 0 bridgehead atoms. The Morgan fingerprint density at radius 2 is 2.05 bits per heavy atom. The number of halogens is 1. The minimum Gasteiger partial charge on any atom is -0.381 e. The van der Waals surface area contributed by atoms with Crippen LogP contribution in [0.15, 0.2) is 28.8 Å². The zero-order valence-corrected chi connectivity index (χ0v) is 11.2. The van der Waals surface area contributed by atoms with Gasteiger partial charge in [0.05, 0.1) is 6.61 Å². The van der Waals surface area contributed by atoms with Gasteiger partial charge in [-0.3, -0.25) is 0 Å². The molecule has 0 saturated carbocycles. The van der Waals surface area contributed by atoms with Gasteiger partial charge in [-0.05, 0) is 24.1 Å². The Hall–Kier alpha value is -1.43. The summed E-state index contributed by atoms with van der Waals surface area (Å²) in [6, 6.07) is 7.84. The van der Waals surface area contributed by atoms with E-state index in [2.05, 4.69) is 10.1 Å². The van der Waals surface area contributed by atoms with E-state index >= 15 is 0 Å². The van der Waals surface area contributed by atoms with Gasteiger partial charge < -0.3 is 15.0 Å². The first-order valence-corrected chi connectivity index (χ1v) is 6.07. The van der Waals surface area contributed by atoms with Crippen molar-refractivity contribution in [3.8, 4) is 11.5 Å². The third kappa shape index (κ3) is 2.94. The Balaban J connectivity index is 0.00000133. The van der Waals surface area contributed by atoms with Gasteiger partial charge in [-0.15, -0.1) is 12.4 Å². The highest BCUT2D eigenvalue weighted by Crippen LogP contribution is 2.25. The van der Waals surface area contributed by atoms with Crippen molar-refractivity contribution >= 4 is 12.4 Å². The summed E-state index contributed by atoms with van der Waals surface area (Å²) in [5, 5.41) is 4.03. The highest BCUT2D eigenvalue weighted by atomic mass is 35.5. The van der Waals surface area contributed by atoms with Crippen molar-refractivity contribution in [3.05, 3.63) is 35.7 Å². The van der Waals surface area contributed by atoms with Gasteiger partial charge in [0.1, 0.15) is 0 Å². The Labute approximate surface area is 117 Å². The first kappa shape index (κ1) is 14.0. The first-order valence-electron chi connectivity index (χ1n) is 6.07. The largest absolute Gasteiger partial charge is 0.381 e. The van der Waals surface area contributed by atoms with E-state index in [1.807, 2.05) is 24.3 Å². The molecular weight excluding hydrogens is 266 g/mol. The second-order valence-electron chi connectivity index (χ2n) is 4.42. The molecule has 1 atom stereocenters. The monoisotopic (exact) mass is 281 g/mol. The van der Waals surface area contributed by atoms with Gasteiger partial charge >= 0.3 is 0 Å². The van der Waals surface area contributed by atoms with E-state index in [0.717, 1.165) is 30.0 Å². The molecule has 1 aliphatic heterocycles. The molecule has 1 saturated heterocycles. The van der Waals surface area contributed by atoms with Crippen molar-refractivity contribution in [1.29, 1.82) is 0 Å². The fourth-order valence-corrected chi connectivity index (χ4v) is 2.04. The molecule has 0 amide bonds. The van der Waals surface area contributed by atoms with Crippen LogP contribution in [0.4, 0.5) is 0 Å². The number of nitrogens with two attached hydrogens (primary N) is 1. The molecule has 3 rings (SSSR count). The molecule has 1 fully saturated rings. The lowest BCUT2D eigenvalue weighted by Crippen LogP contribution is -1.99. The van der Waals surface area contributed by atoms with Crippen LogP contribution < -0.4 is 5.73 Å². The Morgan fingerprint density at radius 3 is 2.68 bits per heavy atom. The molecule has 1 unspecified atom stereocenters. The Bertz CT molecular complexity index is 521. The maximum atomic E-state index is 5.56. The van der Waals surface area contributed by atoms with Crippen LogP contribution in [-0.4, -0.2) is 23.4 Å². The van der Waals surface area contributed by atoms with Gasteiger partial charge in [0, 0.05) is 24.6 Å². The van der Waals surface area contributed by atoms with Crippen molar-refractivity contribution in [1.82, 2.24) is 10.1 Å². The molecule has 1 aliphatic rings. The van der Waals surface area contributed by atoms with E-state index in [9.17, 15) is 0 Å². The number of nitrogens with zero attached hydrogens (tertiary/aromatic N) is 2. The van der Waals surface area contributed by atoms with Gasteiger partial charge in [0.15, 0.2) is 5.82 Å². The number of hydrogen-bond acceptors (Lipinski definition) is 5. The molecule has 0 spiro atoms. The summed E-state index contributed by atoms with van der Waals surface area (Å²) < 4.78 is 10.6. The zero-order valence-electron chi connectivity index (χ0n) is 10.4. The summed E-state index contributed by atoms with van der Waals surface area (Å²) in [5.74, 6) is 1.57.